The van der Waals surface area contributed by atoms with E-state index in [1.807, 2.05) is 40.1 Å². The van der Waals surface area contributed by atoms with E-state index in [1.165, 1.54) is 0 Å². The lowest BCUT2D eigenvalue weighted by molar-refractivity contribution is -0.143. The highest BCUT2D eigenvalue weighted by Gasteiger charge is 2.35. The van der Waals surface area contributed by atoms with Crippen LogP contribution < -0.4 is 5.32 Å². The van der Waals surface area contributed by atoms with E-state index in [1.54, 1.807) is 20.0 Å². The lowest BCUT2D eigenvalue weighted by Crippen LogP contribution is -2.46. The summed E-state index contributed by atoms with van der Waals surface area (Å²) in [5.41, 5.74) is 1.74. The molecule has 3 heterocycles. The smallest absolute Gasteiger partial charge is 0.259 e. The van der Waals surface area contributed by atoms with Crippen LogP contribution in [0.25, 0.3) is 0 Å². The molecule has 2 aliphatic heterocycles. The molecule has 2 aromatic rings. The zero-order valence-electron chi connectivity index (χ0n) is 19.3. The Labute approximate surface area is 194 Å². The van der Waals surface area contributed by atoms with Gasteiger partial charge in [-0.15, -0.1) is 0 Å². The third kappa shape index (κ3) is 5.21. The van der Waals surface area contributed by atoms with Crippen LogP contribution in [-0.4, -0.2) is 57.1 Å². The van der Waals surface area contributed by atoms with Crippen LogP contribution in [0, 0.1) is 12.8 Å². The summed E-state index contributed by atoms with van der Waals surface area (Å²) >= 11 is 0. The Morgan fingerprint density at radius 1 is 1.00 bits per heavy atom. The van der Waals surface area contributed by atoms with Gasteiger partial charge in [0.25, 0.3) is 5.91 Å². The van der Waals surface area contributed by atoms with Crippen molar-refractivity contribution >= 4 is 23.4 Å². The number of rotatable bonds is 4. The van der Waals surface area contributed by atoms with Gasteiger partial charge in [-0.3, -0.25) is 14.4 Å². The van der Waals surface area contributed by atoms with Gasteiger partial charge in [-0.1, -0.05) is 18.2 Å². The molecule has 2 fully saturated rings. The normalized spacial score (nSPS) is 19.3. The zero-order chi connectivity index (χ0) is 23.4. The molecular formula is C25H31N5O3. The van der Waals surface area contributed by atoms with Gasteiger partial charge in [0.2, 0.25) is 11.8 Å². The number of carbonyl (C=O) groups excluding carboxylic acids is 3. The van der Waals surface area contributed by atoms with Crippen LogP contribution in [0.3, 0.4) is 0 Å². The average molecular weight is 450 g/mol. The zero-order valence-corrected chi connectivity index (χ0v) is 19.3. The third-order valence-electron chi connectivity index (χ3n) is 6.65. The molecule has 0 radical (unpaired) electrons. The molecule has 0 aliphatic carbocycles. The number of piperidine rings is 2. The van der Waals surface area contributed by atoms with Crippen LogP contribution in [0.4, 0.5) is 5.69 Å². The first-order chi connectivity index (χ1) is 15.9. The Kier molecular flexibility index (Phi) is 7.01. The number of amides is 3. The molecule has 33 heavy (non-hydrogen) atoms. The second-order valence-electron chi connectivity index (χ2n) is 8.87. The number of nitrogens with zero attached hydrogens (tertiary/aromatic N) is 4. The van der Waals surface area contributed by atoms with Crippen molar-refractivity contribution in [2.24, 2.45) is 5.92 Å². The molecule has 3 amide bonds. The average Bonchev–Trinajstić information content (AvgIpc) is 2.84. The number of hydrogen-bond donors (Lipinski definition) is 1. The number of carbonyl (C=O) groups is 3. The highest BCUT2D eigenvalue weighted by molar-refractivity contribution is 6.04. The molecule has 1 aromatic heterocycles. The van der Waals surface area contributed by atoms with Crippen LogP contribution in [0.2, 0.25) is 0 Å². The van der Waals surface area contributed by atoms with E-state index in [2.05, 4.69) is 15.3 Å². The van der Waals surface area contributed by atoms with E-state index < -0.39 is 0 Å². The molecular weight excluding hydrogens is 418 g/mol. The molecule has 2 aliphatic rings. The summed E-state index contributed by atoms with van der Waals surface area (Å²) in [5, 5.41) is 2.87. The van der Waals surface area contributed by atoms with Gasteiger partial charge in [-0.25, -0.2) is 9.97 Å². The van der Waals surface area contributed by atoms with Crippen LogP contribution in [0.1, 0.15) is 66.9 Å². The van der Waals surface area contributed by atoms with Gasteiger partial charge in [-0.2, -0.15) is 0 Å². The Morgan fingerprint density at radius 3 is 2.39 bits per heavy atom. The number of nitrogens with one attached hydrogen (secondary N) is 1. The molecule has 0 bridgehead atoms. The minimum Gasteiger partial charge on any atom is -0.343 e. The quantitative estimate of drug-likeness (QED) is 0.772. The third-order valence-corrected chi connectivity index (χ3v) is 6.65. The Hall–Kier alpha value is -3.29. The van der Waals surface area contributed by atoms with Gasteiger partial charge in [0.05, 0.1) is 17.3 Å². The minimum absolute atomic E-state index is 0.0667. The van der Waals surface area contributed by atoms with Crippen molar-refractivity contribution in [1.82, 2.24) is 19.8 Å². The van der Waals surface area contributed by atoms with Crippen LogP contribution in [0.15, 0.2) is 36.5 Å². The van der Waals surface area contributed by atoms with Crippen molar-refractivity contribution in [2.45, 2.75) is 52.0 Å². The van der Waals surface area contributed by atoms with Crippen molar-refractivity contribution < 1.29 is 14.4 Å². The first-order valence-electron chi connectivity index (χ1n) is 11.7. The molecule has 2 saturated heterocycles. The number of likely N-dealkylation sites (tertiary alicyclic amines) is 2. The predicted molar refractivity (Wildman–Crippen MR) is 124 cm³/mol. The summed E-state index contributed by atoms with van der Waals surface area (Å²) in [5.74, 6) is 0.474. The number of anilines is 1. The SMILES string of the molecule is CC(=O)N1CCC(C(=O)N2CCCC[C@H]2c2ncc(C(=O)Nc3ccccc3)c(C)n2)CC1. The fourth-order valence-electron chi connectivity index (χ4n) is 4.73. The lowest BCUT2D eigenvalue weighted by Gasteiger charge is -2.39. The predicted octanol–water partition coefficient (Wildman–Crippen LogP) is 3.35. The van der Waals surface area contributed by atoms with Gasteiger partial charge in [0.1, 0.15) is 0 Å². The van der Waals surface area contributed by atoms with E-state index in [9.17, 15) is 14.4 Å². The first-order valence-corrected chi connectivity index (χ1v) is 11.7. The maximum Gasteiger partial charge on any atom is 0.259 e. The number of aromatic nitrogens is 2. The van der Waals surface area contributed by atoms with Crippen molar-refractivity contribution in [1.29, 1.82) is 0 Å². The second-order valence-corrected chi connectivity index (χ2v) is 8.87. The standard InChI is InChI=1S/C25H31N5O3/c1-17-21(24(32)28-20-8-4-3-5-9-20)16-26-23(27-17)22-10-6-7-13-30(22)25(33)19-11-14-29(15-12-19)18(2)31/h3-5,8-9,16,19,22H,6-7,10-15H2,1-2H3,(H,28,32)/t22-/m0/s1. The fraction of sp³-hybridized carbons (Fsp3) is 0.480. The van der Waals surface area contributed by atoms with Gasteiger partial charge in [-0.05, 0) is 51.2 Å². The highest BCUT2D eigenvalue weighted by Crippen LogP contribution is 2.32. The lowest BCUT2D eigenvalue weighted by atomic mass is 9.92. The van der Waals surface area contributed by atoms with Crippen molar-refractivity contribution in [2.75, 3.05) is 25.0 Å². The van der Waals surface area contributed by atoms with Crippen molar-refractivity contribution in [3.8, 4) is 0 Å². The van der Waals surface area contributed by atoms with E-state index in [0.29, 0.717) is 55.2 Å². The first kappa shape index (κ1) is 22.9. The van der Waals surface area contributed by atoms with Crippen molar-refractivity contribution in [3.05, 3.63) is 53.6 Å². The molecule has 1 aromatic carbocycles. The Morgan fingerprint density at radius 2 is 1.73 bits per heavy atom. The fourth-order valence-corrected chi connectivity index (χ4v) is 4.73. The molecule has 0 spiro atoms. The summed E-state index contributed by atoms with van der Waals surface area (Å²) in [7, 11) is 0. The van der Waals surface area contributed by atoms with Gasteiger partial charge < -0.3 is 15.1 Å². The van der Waals surface area contributed by atoms with Gasteiger partial charge in [0.15, 0.2) is 5.82 Å². The molecule has 4 rings (SSSR count). The summed E-state index contributed by atoms with van der Waals surface area (Å²) < 4.78 is 0. The summed E-state index contributed by atoms with van der Waals surface area (Å²) in [6.45, 7) is 5.33. The molecule has 8 heteroatoms. The van der Waals surface area contributed by atoms with Crippen LogP contribution >= 0.6 is 0 Å². The Bertz CT molecular complexity index is 1020. The maximum absolute atomic E-state index is 13.4. The number of para-hydroxylation sites is 1. The number of hydrogen-bond acceptors (Lipinski definition) is 5. The molecule has 0 saturated carbocycles. The summed E-state index contributed by atoms with van der Waals surface area (Å²) in [6, 6.07) is 9.09. The summed E-state index contributed by atoms with van der Waals surface area (Å²) in [6.07, 6.45) is 5.74. The number of benzene rings is 1. The summed E-state index contributed by atoms with van der Waals surface area (Å²) in [4.78, 5) is 50.6. The maximum atomic E-state index is 13.4. The van der Waals surface area contributed by atoms with Crippen molar-refractivity contribution in [3.63, 3.8) is 0 Å². The second kappa shape index (κ2) is 10.1. The monoisotopic (exact) mass is 449 g/mol. The molecule has 0 unspecified atom stereocenters. The molecule has 8 nitrogen and oxygen atoms in total. The van der Waals surface area contributed by atoms with Gasteiger partial charge in [0, 0.05) is 44.4 Å². The molecule has 1 atom stereocenters. The largest absolute Gasteiger partial charge is 0.343 e. The van der Waals surface area contributed by atoms with E-state index in [-0.39, 0.29) is 29.7 Å². The molecule has 1 N–H and O–H groups in total. The van der Waals surface area contributed by atoms with E-state index in [4.69, 9.17) is 0 Å². The minimum atomic E-state index is -0.251. The van der Waals surface area contributed by atoms with Gasteiger partial charge >= 0.3 is 0 Å². The van der Waals surface area contributed by atoms with E-state index >= 15 is 0 Å². The van der Waals surface area contributed by atoms with Crippen LogP contribution in [0.5, 0.6) is 0 Å². The topological polar surface area (TPSA) is 95.5 Å². The number of aryl methyl sites for hydroxylation is 1. The molecule has 174 valence electrons. The van der Waals surface area contributed by atoms with E-state index in [0.717, 1.165) is 19.3 Å². The highest BCUT2D eigenvalue weighted by atomic mass is 16.2. The Balaban J connectivity index is 1.47. The van der Waals surface area contributed by atoms with Crippen LogP contribution in [-0.2, 0) is 9.59 Å².